The normalized spacial score (nSPS) is 18.3. The Kier molecular flexibility index (Phi) is 5.28. The fraction of sp³-hybridized carbons (Fsp3) is 0.375. The van der Waals surface area contributed by atoms with E-state index in [9.17, 15) is 4.79 Å². The van der Waals surface area contributed by atoms with Gasteiger partial charge in [-0.3, -0.25) is 0 Å². The summed E-state index contributed by atoms with van der Waals surface area (Å²) in [4.78, 5) is 15.0. The van der Waals surface area contributed by atoms with Crippen molar-refractivity contribution in [3.8, 4) is 0 Å². The summed E-state index contributed by atoms with van der Waals surface area (Å²) < 4.78 is 0. The molecule has 1 aliphatic heterocycles. The van der Waals surface area contributed by atoms with Gasteiger partial charge in [0.1, 0.15) is 0 Å². The summed E-state index contributed by atoms with van der Waals surface area (Å²) in [5.41, 5.74) is 7.02. The van der Waals surface area contributed by atoms with Crippen LogP contribution in [0.5, 0.6) is 0 Å². The highest BCUT2D eigenvalue weighted by Crippen LogP contribution is 2.41. The largest absolute Gasteiger partial charge is 0.338 e. The van der Waals surface area contributed by atoms with Gasteiger partial charge in [0.15, 0.2) is 0 Å². The highest BCUT2D eigenvalue weighted by molar-refractivity contribution is 5.82. The number of hydrogen-bond acceptors (Lipinski definition) is 1. The first-order chi connectivity index (χ1) is 13.3. The molecular weight excluding hydrogens is 332 g/mol. The Morgan fingerprint density at radius 1 is 1.11 bits per heavy atom. The second-order valence-electron chi connectivity index (χ2n) is 7.57. The highest BCUT2D eigenvalue weighted by Gasteiger charge is 2.36. The minimum atomic E-state index is 0.0897. The lowest BCUT2D eigenvalue weighted by atomic mass is 9.89. The summed E-state index contributed by atoms with van der Waals surface area (Å²) in [6.45, 7) is 3.71. The van der Waals surface area contributed by atoms with Crippen LogP contribution in [-0.2, 0) is 12.8 Å². The lowest BCUT2D eigenvalue weighted by molar-refractivity contribution is 0.180. The van der Waals surface area contributed by atoms with Crippen LogP contribution in [0.1, 0.15) is 42.9 Å². The predicted molar refractivity (Wildman–Crippen MR) is 111 cm³/mol. The zero-order valence-electron chi connectivity index (χ0n) is 16.1. The molecule has 0 spiro atoms. The third kappa shape index (κ3) is 3.64. The summed E-state index contributed by atoms with van der Waals surface area (Å²) >= 11 is 0. The molecule has 2 aliphatic rings. The summed E-state index contributed by atoms with van der Waals surface area (Å²) in [6, 6.07) is 19.5. The Morgan fingerprint density at radius 3 is 2.70 bits per heavy atom. The van der Waals surface area contributed by atoms with Gasteiger partial charge in [0.25, 0.3) is 0 Å². The van der Waals surface area contributed by atoms with Crippen molar-refractivity contribution >= 4 is 11.6 Å². The van der Waals surface area contributed by atoms with E-state index in [4.69, 9.17) is 0 Å². The number of hydrogen-bond donors (Lipinski definition) is 1. The number of carbonyl (C=O) groups is 1. The van der Waals surface area contributed by atoms with Crippen LogP contribution < -0.4 is 5.32 Å². The van der Waals surface area contributed by atoms with Gasteiger partial charge in [-0.2, -0.15) is 0 Å². The SMILES string of the molecule is CCCCNC(=O)N1CCC2=C(Cc3ccccc32)C1Cc1ccccc1. The molecule has 2 aromatic rings. The molecule has 1 N–H and O–H groups in total. The zero-order chi connectivity index (χ0) is 18.6. The van der Waals surface area contributed by atoms with Crippen molar-refractivity contribution < 1.29 is 4.79 Å². The van der Waals surface area contributed by atoms with E-state index >= 15 is 0 Å². The third-order valence-electron chi connectivity index (χ3n) is 5.83. The van der Waals surface area contributed by atoms with Crippen molar-refractivity contribution in [1.29, 1.82) is 0 Å². The van der Waals surface area contributed by atoms with Gasteiger partial charge in [-0.05, 0) is 53.5 Å². The van der Waals surface area contributed by atoms with Crippen LogP contribution in [0.2, 0.25) is 0 Å². The minimum Gasteiger partial charge on any atom is -0.338 e. The average Bonchev–Trinajstić information content (AvgIpc) is 3.08. The number of unbranched alkanes of at least 4 members (excludes halogenated alkanes) is 1. The van der Waals surface area contributed by atoms with Crippen LogP contribution in [0.4, 0.5) is 4.79 Å². The van der Waals surface area contributed by atoms with Gasteiger partial charge in [-0.1, -0.05) is 67.9 Å². The van der Waals surface area contributed by atoms with Crippen LogP contribution in [0.25, 0.3) is 5.57 Å². The lowest BCUT2D eigenvalue weighted by Crippen LogP contribution is -2.50. The van der Waals surface area contributed by atoms with E-state index in [2.05, 4.69) is 71.7 Å². The van der Waals surface area contributed by atoms with Crippen LogP contribution in [0.3, 0.4) is 0 Å². The van der Waals surface area contributed by atoms with Crippen LogP contribution in [0, 0.1) is 0 Å². The summed E-state index contributed by atoms with van der Waals surface area (Å²) in [5.74, 6) is 0. The lowest BCUT2D eigenvalue weighted by Gasteiger charge is -2.37. The van der Waals surface area contributed by atoms with Crippen LogP contribution in [0.15, 0.2) is 60.2 Å². The van der Waals surface area contributed by atoms with Crippen molar-refractivity contribution in [2.75, 3.05) is 13.1 Å². The summed E-state index contributed by atoms with van der Waals surface area (Å²) in [7, 11) is 0. The quantitative estimate of drug-likeness (QED) is 0.762. The fourth-order valence-electron chi connectivity index (χ4n) is 4.43. The fourth-order valence-corrected chi connectivity index (χ4v) is 4.43. The Labute approximate surface area is 162 Å². The number of nitrogens with zero attached hydrogens (tertiary/aromatic N) is 1. The van der Waals surface area contributed by atoms with Crippen molar-refractivity contribution in [1.82, 2.24) is 10.2 Å². The molecule has 2 aromatic carbocycles. The molecular formula is C24H28N2O. The molecule has 1 unspecified atom stereocenters. The summed E-state index contributed by atoms with van der Waals surface area (Å²) in [5, 5.41) is 3.13. The van der Waals surface area contributed by atoms with Crippen molar-refractivity contribution in [3.63, 3.8) is 0 Å². The van der Waals surface area contributed by atoms with Gasteiger partial charge in [0, 0.05) is 13.1 Å². The number of benzene rings is 2. The Balaban J connectivity index is 1.62. The standard InChI is InChI=1S/C24H28N2O/c1-2-3-14-25-24(27)26-15-13-21-20-12-8-7-11-19(20)17-22(21)23(26)16-18-9-5-4-6-10-18/h4-12,23H,2-3,13-17H2,1H3,(H,25,27). The average molecular weight is 361 g/mol. The predicted octanol–water partition coefficient (Wildman–Crippen LogP) is 4.82. The van der Waals surface area contributed by atoms with Gasteiger partial charge < -0.3 is 10.2 Å². The molecule has 2 amide bonds. The molecule has 0 fully saturated rings. The van der Waals surface area contributed by atoms with Crippen molar-refractivity contribution in [2.45, 2.75) is 45.1 Å². The number of nitrogens with one attached hydrogen (secondary N) is 1. The third-order valence-corrected chi connectivity index (χ3v) is 5.83. The van der Waals surface area contributed by atoms with Gasteiger partial charge in [0.2, 0.25) is 0 Å². The van der Waals surface area contributed by atoms with Gasteiger partial charge >= 0.3 is 6.03 Å². The number of fused-ring (bicyclic) bond motifs is 2. The Hall–Kier alpha value is -2.55. The molecule has 0 saturated carbocycles. The maximum absolute atomic E-state index is 12.9. The maximum Gasteiger partial charge on any atom is 0.317 e. The van der Waals surface area contributed by atoms with Crippen molar-refractivity contribution in [2.24, 2.45) is 0 Å². The second-order valence-corrected chi connectivity index (χ2v) is 7.57. The smallest absolute Gasteiger partial charge is 0.317 e. The zero-order valence-corrected chi connectivity index (χ0v) is 16.1. The molecule has 1 heterocycles. The number of carbonyl (C=O) groups excluding carboxylic acids is 1. The Bertz CT molecular complexity index is 840. The first-order valence-electron chi connectivity index (χ1n) is 10.2. The first-order valence-corrected chi connectivity index (χ1v) is 10.2. The van der Waals surface area contributed by atoms with E-state index in [-0.39, 0.29) is 12.1 Å². The van der Waals surface area contributed by atoms with Crippen LogP contribution in [-0.4, -0.2) is 30.1 Å². The van der Waals surface area contributed by atoms with E-state index < -0.39 is 0 Å². The molecule has 27 heavy (non-hydrogen) atoms. The molecule has 3 heteroatoms. The van der Waals surface area contributed by atoms with Crippen molar-refractivity contribution in [3.05, 3.63) is 76.9 Å². The molecule has 1 atom stereocenters. The van der Waals surface area contributed by atoms with E-state index in [1.54, 1.807) is 0 Å². The second kappa shape index (κ2) is 7.99. The maximum atomic E-state index is 12.9. The van der Waals surface area contributed by atoms with Gasteiger partial charge in [0.05, 0.1) is 6.04 Å². The number of rotatable bonds is 5. The number of urea groups is 1. The number of amides is 2. The van der Waals surface area contributed by atoms with Gasteiger partial charge in [-0.25, -0.2) is 4.79 Å². The minimum absolute atomic E-state index is 0.0897. The van der Waals surface area contributed by atoms with Gasteiger partial charge in [-0.15, -0.1) is 0 Å². The van der Waals surface area contributed by atoms with E-state index in [0.717, 1.165) is 45.2 Å². The summed E-state index contributed by atoms with van der Waals surface area (Å²) in [6.07, 6.45) is 4.94. The van der Waals surface area contributed by atoms with Crippen LogP contribution >= 0.6 is 0 Å². The molecule has 0 saturated heterocycles. The molecule has 0 bridgehead atoms. The molecule has 0 radical (unpaired) electrons. The highest BCUT2D eigenvalue weighted by atomic mass is 16.2. The van der Waals surface area contributed by atoms with E-state index in [1.165, 1.54) is 27.8 Å². The molecule has 3 nitrogen and oxygen atoms in total. The monoisotopic (exact) mass is 360 g/mol. The molecule has 0 aromatic heterocycles. The van der Waals surface area contributed by atoms with E-state index in [0.29, 0.717) is 0 Å². The molecule has 4 rings (SSSR count). The van der Waals surface area contributed by atoms with E-state index in [1.807, 2.05) is 0 Å². The Morgan fingerprint density at radius 2 is 1.89 bits per heavy atom. The topological polar surface area (TPSA) is 32.3 Å². The molecule has 1 aliphatic carbocycles. The first kappa shape index (κ1) is 17.8. The molecule has 140 valence electrons.